The Hall–Kier alpha value is -1.89. The zero-order chi connectivity index (χ0) is 14.0. The summed E-state index contributed by atoms with van der Waals surface area (Å²) in [6.45, 7) is 4.88. The van der Waals surface area contributed by atoms with E-state index in [1.807, 2.05) is 0 Å². The summed E-state index contributed by atoms with van der Waals surface area (Å²) >= 11 is 0. The third-order valence-corrected chi connectivity index (χ3v) is 3.01. The number of H-pyrrole nitrogens is 1. The van der Waals surface area contributed by atoms with Crippen LogP contribution >= 0.6 is 0 Å². The van der Waals surface area contributed by atoms with Crippen LogP contribution < -0.4 is 11.3 Å². The van der Waals surface area contributed by atoms with E-state index in [1.54, 1.807) is 10.9 Å². The van der Waals surface area contributed by atoms with Crippen molar-refractivity contribution in [2.45, 2.75) is 26.8 Å². The number of aliphatic hydroxyl groups is 1. The molecular formula is C12H19N5O2. The number of nitrogens with one attached hydrogen (secondary N) is 1. The van der Waals surface area contributed by atoms with Crippen LogP contribution in [0.15, 0.2) is 11.1 Å². The molecule has 0 saturated heterocycles. The molecule has 0 aliphatic rings. The molecule has 0 unspecified atom stereocenters. The van der Waals surface area contributed by atoms with E-state index < -0.39 is 0 Å². The van der Waals surface area contributed by atoms with E-state index in [-0.39, 0.29) is 29.5 Å². The maximum atomic E-state index is 11.6. The maximum Gasteiger partial charge on any atom is 0.280 e. The Kier molecular flexibility index (Phi) is 3.84. The lowest BCUT2D eigenvalue weighted by molar-refractivity contribution is 0.191. The van der Waals surface area contributed by atoms with Crippen LogP contribution in [0.4, 0.5) is 5.95 Å². The van der Waals surface area contributed by atoms with Gasteiger partial charge in [0.1, 0.15) is 0 Å². The van der Waals surface area contributed by atoms with Gasteiger partial charge in [-0.25, -0.2) is 4.98 Å². The lowest BCUT2D eigenvalue weighted by atomic mass is 9.98. The molecule has 4 N–H and O–H groups in total. The van der Waals surface area contributed by atoms with Gasteiger partial charge in [0.15, 0.2) is 11.2 Å². The standard InChI is InChI=1S/C12H19N5O2/c1-7(2)3-8(5-18)4-17-6-14-9-10(17)15-12(13)16-11(9)19/h6-8,18H,3-5H2,1-2H3,(H3,13,15,16,19)/t8-/m1/s1. The largest absolute Gasteiger partial charge is 0.396 e. The number of anilines is 1. The summed E-state index contributed by atoms with van der Waals surface area (Å²) in [6, 6.07) is 0. The molecule has 2 rings (SSSR count). The van der Waals surface area contributed by atoms with E-state index in [2.05, 4.69) is 28.8 Å². The van der Waals surface area contributed by atoms with Gasteiger partial charge in [0.25, 0.3) is 5.56 Å². The number of fused-ring (bicyclic) bond motifs is 1. The van der Waals surface area contributed by atoms with Gasteiger partial charge >= 0.3 is 0 Å². The Balaban J connectivity index is 2.32. The fourth-order valence-corrected chi connectivity index (χ4v) is 2.26. The van der Waals surface area contributed by atoms with Crippen molar-refractivity contribution in [3.8, 4) is 0 Å². The van der Waals surface area contributed by atoms with E-state index in [0.717, 1.165) is 6.42 Å². The van der Waals surface area contributed by atoms with E-state index in [4.69, 9.17) is 5.73 Å². The molecule has 0 saturated carbocycles. The van der Waals surface area contributed by atoms with Crippen LogP contribution in [0.1, 0.15) is 20.3 Å². The summed E-state index contributed by atoms with van der Waals surface area (Å²) in [7, 11) is 0. The number of nitrogens with two attached hydrogens (primary N) is 1. The molecule has 0 aliphatic heterocycles. The van der Waals surface area contributed by atoms with E-state index >= 15 is 0 Å². The number of aliphatic hydroxyl groups excluding tert-OH is 1. The summed E-state index contributed by atoms with van der Waals surface area (Å²) < 4.78 is 1.77. The van der Waals surface area contributed by atoms with Crippen LogP contribution in [0.3, 0.4) is 0 Å². The molecule has 19 heavy (non-hydrogen) atoms. The van der Waals surface area contributed by atoms with Gasteiger partial charge in [-0.15, -0.1) is 0 Å². The molecular weight excluding hydrogens is 246 g/mol. The summed E-state index contributed by atoms with van der Waals surface area (Å²) in [4.78, 5) is 22.2. The quantitative estimate of drug-likeness (QED) is 0.723. The highest BCUT2D eigenvalue weighted by atomic mass is 16.3. The molecule has 0 amide bonds. The molecule has 0 aromatic carbocycles. The first-order valence-corrected chi connectivity index (χ1v) is 6.32. The van der Waals surface area contributed by atoms with Gasteiger partial charge in [0, 0.05) is 19.1 Å². The SMILES string of the molecule is CC(C)C[C@@H](CO)Cn1cnc2c(=O)[nH]c(N)nc21. The Morgan fingerprint density at radius 2 is 2.26 bits per heavy atom. The van der Waals surface area contributed by atoms with Gasteiger partial charge in [0.05, 0.1) is 6.33 Å². The lowest BCUT2D eigenvalue weighted by Crippen LogP contribution is -2.18. The zero-order valence-electron chi connectivity index (χ0n) is 11.1. The minimum absolute atomic E-state index is 0.0728. The van der Waals surface area contributed by atoms with Crippen molar-refractivity contribution in [3.63, 3.8) is 0 Å². The predicted molar refractivity (Wildman–Crippen MR) is 72.6 cm³/mol. The number of aromatic nitrogens is 4. The molecule has 2 aromatic rings. The van der Waals surface area contributed by atoms with Crippen molar-refractivity contribution >= 4 is 17.1 Å². The normalized spacial score (nSPS) is 13.3. The molecule has 104 valence electrons. The maximum absolute atomic E-state index is 11.6. The van der Waals surface area contributed by atoms with E-state index in [0.29, 0.717) is 18.1 Å². The molecule has 7 heteroatoms. The van der Waals surface area contributed by atoms with Gasteiger partial charge in [-0.3, -0.25) is 9.78 Å². The molecule has 2 heterocycles. The first-order chi connectivity index (χ1) is 9.01. The smallest absolute Gasteiger partial charge is 0.280 e. The third-order valence-electron chi connectivity index (χ3n) is 3.01. The van der Waals surface area contributed by atoms with Crippen molar-refractivity contribution in [3.05, 3.63) is 16.7 Å². The molecule has 7 nitrogen and oxygen atoms in total. The molecule has 0 spiro atoms. The number of rotatable bonds is 5. The Labute approximate surface area is 110 Å². The molecule has 0 bridgehead atoms. The Morgan fingerprint density at radius 3 is 2.89 bits per heavy atom. The monoisotopic (exact) mass is 265 g/mol. The fraction of sp³-hybridized carbons (Fsp3) is 0.583. The summed E-state index contributed by atoms with van der Waals surface area (Å²) in [6.07, 6.45) is 2.46. The number of hydrogen-bond acceptors (Lipinski definition) is 5. The van der Waals surface area contributed by atoms with E-state index in [1.165, 1.54) is 0 Å². The molecule has 0 radical (unpaired) electrons. The van der Waals surface area contributed by atoms with Crippen molar-refractivity contribution in [2.24, 2.45) is 11.8 Å². The summed E-state index contributed by atoms with van der Waals surface area (Å²) in [5.74, 6) is 0.678. The molecule has 0 fully saturated rings. The third kappa shape index (κ3) is 2.93. The van der Waals surface area contributed by atoms with Gasteiger partial charge < -0.3 is 15.4 Å². The highest BCUT2D eigenvalue weighted by Gasteiger charge is 2.15. The topological polar surface area (TPSA) is 110 Å². The minimum atomic E-state index is -0.342. The number of nitrogen functional groups attached to an aromatic ring is 1. The second-order valence-electron chi connectivity index (χ2n) is 5.20. The van der Waals surface area contributed by atoms with Gasteiger partial charge in [-0.05, 0) is 12.3 Å². The lowest BCUT2D eigenvalue weighted by Gasteiger charge is -2.17. The van der Waals surface area contributed by atoms with Crippen LogP contribution in [0.5, 0.6) is 0 Å². The number of imidazole rings is 1. The first-order valence-electron chi connectivity index (χ1n) is 6.32. The van der Waals surface area contributed by atoms with Crippen LogP contribution in [0.25, 0.3) is 11.2 Å². The molecule has 0 aliphatic carbocycles. The second kappa shape index (κ2) is 5.40. The Morgan fingerprint density at radius 1 is 1.53 bits per heavy atom. The molecule has 1 atom stereocenters. The highest BCUT2D eigenvalue weighted by molar-refractivity contribution is 5.70. The molecule has 2 aromatic heterocycles. The Bertz CT molecular complexity index is 616. The van der Waals surface area contributed by atoms with Crippen molar-refractivity contribution in [1.82, 2.24) is 19.5 Å². The average molecular weight is 265 g/mol. The van der Waals surface area contributed by atoms with Gasteiger partial charge in [-0.2, -0.15) is 4.98 Å². The fourth-order valence-electron chi connectivity index (χ4n) is 2.26. The van der Waals surface area contributed by atoms with Crippen molar-refractivity contribution in [2.75, 3.05) is 12.3 Å². The van der Waals surface area contributed by atoms with Crippen LogP contribution in [0, 0.1) is 11.8 Å². The second-order valence-corrected chi connectivity index (χ2v) is 5.20. The van der Waals surface area contributed by atoms with Gasteiger partial charge in [0.2, 0.25) is 5.95 Å². The van der Waals surface area contributed by atoms with Crippen LogP contribution in [0.2, 0.25) is 0 Å². The average Bonchev–Trinajstić information content (AvgIpc) is 2.71. The minimum Gasteiger partial charge on any atom is -0.396 e. The first kappa shape index (κ1) is 13.5. The summed E-state index contributed by atoms with van der Waals surface area (Å²) in [5, 5.41) is 9.41. The van der Waals surface area contributed by atoms with Crippen LogP contribution in [-0.4, -0.2) is 31.2 Å². The zero-order valence-corrected chi connectivity index (χ0v) is 11.1. The number of hydrogen-bond donors (Lipinski definition) is 3. The van der Waals surface area contributed by atoms with E-state index in [9.17, 15) is 9.90 Å². The highest BCUT2D eigenvalue weighted by Crippen LogP contribution is 2.16. The van der Waals surface area contributed by atoms with Crippen molar-refractivity contribution < 1.29 is 5.11 Å². The number of nitrogens with zero attached hydrogens (tertiary/aromatic N) is 3. The van der Waals surface area contributed by atoms with Crippen LogP contribution in [-0.2, 0) is 6.54 Å². The van der Waals surface area contributed by atoms with Gasteiger partial charge in [-0.1, -0.05) is 13.8 Å². The summed E-state index contributed by atoms with van der Waals surface area (Å²) in [5.41, 5.74) is 5.93. The predicted octanol–water partition coefficient (Wildman–Crippen LogP) is 0.356. The van der Waals surface area contributed by atoms with Crippen molar-refractivity contribution in [1.29, 1.82) is 0 Å². The number of aromatic amines is 1.